The van der Waals surface area contributed by atoms with E-state index in [1.165, 1.54) is 7.11 Å². The fourth-order valence-electron chi connectivity index (χ4n) is 2.91. The van der Waals surface area contributed by atoms with Crippen molar-refractivity contribution >= 4 is 34.2 Å². The van der Waals surface area contributed by atoms with Gasteiger partial charge in [-0.3, -0.25) is 0 Å². The topological polar surface area (TPSA) is 128 Å². The van der Waals surface area contributed by atoms with Gasteiger partial charge in [0.25, 0.3) is 0 Å². The molecule has 29 heavy (non-hydrogen) atoms. The molecule has 0 fully saturated rings. The zero-order chi connectivity index (χ0) is 20.4. The summed E-state index contributed by atoms with van der Waals surface area (Å²) in [6, 6.07) is 11.2. The van der Waals surface area contributed by atoms with Gasteiger partial charge in [0, 0.05) is 25.7 Å². The van der Waals surface area contributed by atoms with Crippen LogP contribution in [0.4, 0.5) is 17.2 Å². The highest BCUT2D eigenvalue weighted by molar-refractivity contribution is 5.94. The molecule has 0 atom stereocenters. The Balaban J connectivity index is 0.00000300. The number of ether oxygens (including phenoxy) is 1. The number of esters is 1. The van der Waals surface area contributed by atoms with E-state index in [9.17, 15) is 4.79 Å². The largest absolute Gasteiger partial charge is 0.465 e. The number of nitrogens with one attached hydrogen (secondary N) is 1. The summed E-state index contributed by atoms with van der Waals surface area (Å²) >= 11 is 0. The molecule has 154 valence electrons. The van der Waals surface area contributed by atoms with E-state index in [1.807, 2.05) is 32.3 Å². The fourth-order valence-corrected chi connectivity index (χ4v) is 2.91. The van der Waals surface area contributed by atoms with E-state index in [0.717, 1.165) is 22.8 Å². The highest BCUT2D eigenvalue weighted by atomic mass is 16.5. The van der Waals surface area contributed by atoms with Gasteiger partial charge in [0.15, 0.2) is 5.82 Å². The van der Waals surface area contributed by atoms with E-state index < -0.39 is 5.97 Å². The Bertz CT molecular complexity index is 1040. The van der Waals surface area contributed by atoms with Crippen LogP contribution in [0.5, 0.6) is 0 Å². The average Bonchev–Trinajstić information content (AvgIpc) is 2.70. The number of fused-ring (bicyclic) bond motifs is 1. The van der Waals surface area contributed by atoms with Crippen molar-refractivity contribution in [2.24, 2.45) is 0 Å². The Morgan fingerprint density at radius 1 is 1.14 bits per heavy atom. The van der Waals surface area contributed by atoms with E-state index >= 15 is 0 Å². The summed E-state index contributed by atoms with van der Waals surface area (Å²) in [5.41, 5.74) is 11.1. The van der Waals surface area contributed by atoms with Crippen LogP contribution >= 0.6 is 0 Å². The number of anilines is 3. The first-order valence-electron chi connectivity index (χ1n) is 9.06. The lowest BCUT2D eigenvalue weighted by Crippen LogP contribution is -2.27. The van der Waals surface area contributed by atoms with E-state index in [0.29, 0.717) is 22.3 Å². The first-order valence-corrected chi connectivity index (χ1v) is 9.06. The SMILES string of the molecule is CNc1ccc(-c2nc3ccc(C(=O)OC)cc3nc2N(C)C(C)C)cc1N.N. The van der Waals surface area contributed by atoms with Gasteiger partial charge in [-0.05, 0) is 44.2 Å². The van der Waals surface area contributed by atoms with Gasteiger partial charge in [-0.1, -0.05) is 6.07 Å². The van der Waals surface area contributed by atoms with Gasteiger partial charge in [-0.25, -0.2) is 14.8 Å². The minimum atomic E-state index is -0.401. The Morgan fingerprint density at radius 3 is 2.45 bits per heavy atom. The zero-order valence-corrected chi connectivity index (χ0v) is 17.5. The van der Waals surface area contributed by atoms with Gasteiger partial charge in [0.05, 0.1) is 35.1 Å². The molecular weight excluding hydrogens is 368 g/mol. The fraction of sp³-hybridized carbons (Fsp3) is 0.286. The van der Waals surface area contributed by atoms with Crippen LogP contribution in [0.3, 0.4) is 0 Å². The van der Waals surface area contributed by atoms with Crippen molar-refractivity contribution in [3.63, 3.8) is 0 Å². The summed E-state index contributed by atoms with van der Waals surface area (Å²) in [5, 5.41) is 3.07. The Hall–Kier alpha value is -3.39. The molecule has 0 aliphatic rings. The maximum atomic E-state index is 11.9. The molecule has 1 aromatic heterocycles. The van der Waals surface area contributed by atoms with Crippen molar-refractivity contribution in [1.82, 2.24) is 16.1 Å². The van der Waals surface area contributed by atoms with Crippen LogP contribution in [0.2, 0.25) is 0 Å². The molecule has 0 radical (unpaired) electrons. The summed E-state index contributed by atoms with van der Waals surface area (Å²) in [6.45, 7) is 4.16. The summed E-state index contributed by atoms with van der Waals surface area (Å²) < 4.78 is 4.81. The van der Waals surface area contributed by atoms with Gasteiger partial charge >= 0.3 is 5.97 Å². The third kappa shape index (κ3) is 4.22. The molecule has 0 aliphatic heterocycles. The van der Waals surface area contributed by atoms with Crippen molar-refractivity contribution in [2.45, 2.75) is 19.9 Å². The van der Waals surface area contributed by atoms with Gasteiger partial charge in [-0.2, -0.15) is 0 Å². The lowest BCUT2D eigenvalue weighted by atomic mass is 10.1. The zero-order valence-electron chi connectivity index (χ0n) is 17.5. The molecular formula is C21H28N6O2. The molecule has 8 nitrogen and oxygen atoms in total. The summed E-state index contributed by atoms with van der Waals surface area (Å²) in [4.78, 5) is 23.6. The molecule has 0 aliphatic carbocycles. The molecule has 6 N–H and O–H groups in total. The maximum Gasteiger partial charge on any atom is 0.337 e. The molecule has 3 aromatic rings. The quantitative estimate of drug-likeness (QED) is 0.440. The summed E-state index contributed by atoms with van der Waals surface area (Å²) in [6.07, 6.45) is 0. The second kappa shape index (κ2) is 8.74. The predicted molar refractivity (Wildman–Crippen MR) is 119 cm³/mol. The minimum Gasteiger partial charge on any atom is -0.465 e. The Kier molecular flexibility index (Phi) is 6.60. The Labute approximate surface area is 170 Å². The molecule has 1 heterocycles. The molecule has 0 spiro atoms. The van der Waals surface area contributed by atoms with Crippen molar-refractivity contribution in [3.05, 3.63) is 42.0 Å². The number of methoxy groups -OCH3 is 1. The molecule has 2 aromatic carbocycles. The van der Waals surface area contributed by atoms with Gasteiger partial charge in [0.2, 0.25) is 0 Å². The van der Waals surface area contributed by atoms with Crippen LogP contribution in [-0.4, -0.2) is 43.2 Å². The maximum absolute atomic E-state index is 11.9. The van der Waals surface area contributed by atoms with Gasteiger partial charge in [-0.15, -0.1) is 0 Å². The molecule has 0 saturated carbocycles. The van der Waals surface area contributed by atoms with Crippen LogP contribution in [-0.2, 0) is 4.74 Å². The van der Waals surface area contributed by atoms with Gasteiger partial charge < -0.3 is 26.8 Å². The molecule has 0 bridgehead atoms. The predicted octanol–water partition coefficient (Wildman–Crippen LogP) is 3.71. The van der Waals surface area contributed by atoms with Crippen LogP contribution in [0.15, 0.2) is 36.4 Å². The first kappa shape index (κ1) is 21.9. The molecule has 3 rings (SSSR count). The highest BCUT2D eigenvalue weighted by Crippen LogP contribution is 2.33. The van der Waals surface area contributed by atoms with Crippen LogP contribution in [0.25, 0.3) is 22.3 Å². The summed E-state index contributed by atoms with van der Waals surface area (Å²) in [5.74, 6) is 0.322. The van der Waals surface area contributed by atoms with Crippen LogP contribution < -0.4 is 22.1 Å². The number of carbonyl (C=O) groups excluding carboxylic acids is 1. The van der Waals surface area contributed by atoms with Crippen molar-refractivity contribution in [3.8, 4) is 11.3 Å². The van der Waals surface area contributed by atoms with Crippen molar-refractivity contribution in [1.29, 1.82) is 0 Å². The van der Waals surface area contributed by atoms with E-state index in [4.69, 9.17) is 20.4 Å². The van der Waals surface area contributed by atoms with E-state index in [1.54, 1.807) is 18.2 Å². The minimum absolute atomic E-state index is 0. The van der Waals surface area contributed by atoms with Gasteiger partial charge in [0.1, 0.15) is 5.69 Å². The lowest BCUT2D eigenvalue weighted by Gasteiger charge is -2.25. The molecule has 8 heteroatoms. The molecule has 0 amide bonds. The number of benzene rings is 2. The van der Waals surface area contributed by atoms with Crippen LogP contribution in [0.1, 0.15) is 24.2 Å². The van der Waals surface area contributed by atoms with Crippen molar-refractivity contribution in [2.75, 3.05) is 37.2 Å². The third-order valence-electron chi connectivity index (χ3n) is 4.77. The first-order chi connectivity index (χ1) is 13.3. The number of nitrogens with two attached hydrogens (primary N) is 1. The lowest BCUT2D eigenvalue weighted by molar-refractivity contribution is 0.0601. The number of aromatic nitrogens is 2. The molecule has 0 unspecified atom stereocenters. The monoisotopic (exact) mass is 396 g/mol. The second-order valence-corrected chi connectivity index (χ2v) is 6.85. The number of hydrogen-bond donors (Lipinski definition) is 3. The molecule has 0 saturated heterocycles. The van der Waals surface area contributed by atoms with Crippen LogP contribution in [0, 0.1) is 0 Å². The normalized spacial score (nSPS) is 10.6. The highest BCUT2D eigenvalue weighted by Gasteiger charge is 2.18. The standard InChI is InChI=1S/C21H25N5O2.H3N/c1-12(2)26(4)20-19(13-6-8-16(23-3)15(22)10-13)24-17-9-7-14(21(27)28-5)11-18(17)25-20;/h6-12,23H,22H2,1-5H3;1H3. The smallest absolute Gasteiger partial charge is 0.337 e. The third-order valence-corrected chi connectivity index (χ3v) is 4.77. The number of carbonyl (C=O) groups is 1. The summed E-state index contributed by atoms with van der Waals surface area (Å²) in [7, 11) is 5.16. The Morgan fingerprint density at radius 2 is 1.86 bits per heavy atom. The number of nitrogens with zero attached hydrogens (tertiary/aromatic N) is 3. The number of hydrogen-bond acceptors (Lipinski definition) is 8. The van der Waals surface area contributed by atoms with E-state index in [2.05, 4.69) is 24.1 Å². The number of rotatable bonds is 5. The number of nitrogen functional groups attached to an aromatic ring is 1. The van der Waals surface area contributed by atoms with E-state index in [-0.39, 0.29) is 12.2 Å². The second-order valence-electron chi connectivity index (χ2n) is 6.85. The average molecular weight is 396 g/mol. The van der Waals surface area contributed by atoms with Crippen molar-refractivity contribution < 1.29 is 9.53 Å².